The Balaban J connectivity index is 2.02. The van der Waals surface area contributed by atoms with Crippen molar-refractivity contribution >= 4 is 17.6 Å². The molecule has 1 aromatic carbocycles. The number of aromatic nitrogens is 2. The number of hydrogen-bond acceptors (Lipinski definition) is 7. The van der Waals surface area contributed by atoms with Crippen LogP contribution >= 0.6 is 0 Å². The van der Waals surface area contributed by atoms with E-state index >= 15 is 0 Å². The van der Waals surface area contributed by atoms with Crippen molar-refractivity contribution in [1.29, 1.82) is 0 Å². The van der Waals surface area contributed by atoms with Crippen LogP contribution in [-0.4, -0.2) is 32.7 Å². The fraction of sp³-hybridized carbons (Fsp3) is 0.250. The van der Waals surface area contributed by atoms with Gasteiger partial charge in [-0.25, -0.2) is 9.78 Å². The molecule has 4 N–H and O–H groups in total. The number of amides is 1. The molecule has 0 radical (unpaired) electrons. The first kappa shape index (κ1) is 18.0. The minimum atomic E-state index is -0.572. The fourth-order valence-electron chi connectivity index (χ4n) is 1.72. The summed E-state index contributed by atoms with van der Waals surface area (Å²) in [7, 11) is 0. The van der Waals surface area contributed by atoms with Crippen molar-refractivity contribution in [2.24, 2.45) is 10.9 Å². The molecular formula is C16H19N5O4. The van der Waals surface area contributed by atoms with Crippen LogP contribution < -0.4 is 15.8 Å². The lowest BCUT2D eigenvalue weighted by Gasteiger charge is -2.19. The number of rotatable bonds is 4. The summed E-state index contributed by atoms with van der Waals surface area (Å²) in [5.41, 5.74) is 5.42. The van der Waals surface area contributed by atoms with Crippen molar-refractivity contribution in [2.75, 3.05) is 5.32 Å². The third kappa shape index (κ3) is 5.65. The van der Waals surface area contributed by atoms with Gasteiger partial charge < -0.3 is 20.4 Å². The van der Waals surface area contributed by atoms with Gasteiger partial charge in [-0.1, -0.05) is 5.16 Å². The highest BCUT2D eigenvalue weighted by atomic mass is 16.6. The van der Waals surface area contributed by atoms with Crippen LogP contribution in [0.15, 0.2) is 41.7 Å². The summed E-state index contributed by atoms with van der Waals surface area (Å²) in [6.45, 7) is 5.36. The van der Waals surface area contributed by atoms with Crippen LogP contribution in [0.25, 0.3) is 0 Å². The zero-order valence-electron chi connectivity index (χ0n) is 14.1. The van der Waals surface area contributed by atoms with Crippen molar-refractivity contribution in [2.45, 2.75) is 26.4 Å². The van der Waals surface area contributed by atoms with Crippen LogP contribution in [-0.2, 0) is 4.74 Å². The summed E-state index contributed by atoms with van der Waals surface area (Å²) in [5.74, 6) is 0.536. The molecule has 2 aromatic rings. The topological polar surface area (TPSA) is 132 Å². The third-order valence-electron chi connectivity index (χ3n) is 2.69. The number of carbonyl (C=O) groups excluding carboxylic acids is 1. The van der Waals surface area contributed by atoms with Crippen LogP contribution in [0.1, 0.15) is 26.6 Å². The van der Waals surface area contributed by atoms with Crippen molar-refractivity contribution in [1.82, 2.24) is 9.97 Å². The molecule has 0 spiro atoms. The van der Waals surface area contributed by atoms with Crippen molar-refractivity contribution in [3.63, 3.8) is 0 Å². The largest absolute Gasteiger partial charge is 0.444 e. The quantitative estimate of drug-likeness (QED) is 0.336. The van der Waals surface area contributed by atoms with Gasteiger partial charge in [0.1, 0.15) is 11.4 Å². The molecule has 0 bridgehead atoms. The van der Waals surface area contributed by atoms with Crippen LogP contribution in [0.2, 0.25) is 0 Å². The molecule has 0 aliphatic heterocycles. The maximum atomic E-state index is 11.7. The van der Waals surface area contributed by atoms with E-state index in [2.05, 4.69) is 20.4 Å². The Labute approximate surface area is 144 Å². The maximum absolute atomic E-state index is 11.7. The Kier molecular flexibility index (Phi) is 5.38. The molecule has 0 unspecified atom stereocenters. The van der Waals surface area contributed by atoms with Crippen molar-refractivity contribution < 1.29 is 19.5 Å². The first-order valence-electron chi connectivity index (χ1n) is 7.36. The molecule has 9 nitrogen and oxygen atoms in total. The summed E-state index contributed by atoms with van der Waals surface area (Å²) in [6.07, 6.45) is 0.883. The molecule has 0 saturated heterocycles. The number of ether oxygens (including phenoxy) is 2. The number of nitrogens with one attached hydrogen (secondary N) is 1. The second kappa shape index (κ2) is 7.47. The Morgan fingerprint density at radius 2 is 1.92 bits per heavy atom. The number of amidine groups is 1. The van der Waals surface area contributed by atoms with Crippen molar-refractivity contribution in [3.8, 4) is 11.6 Å². The summed E-state index contributed by atoms with van der Waals surface area (Å²) in [5, 5.41) is 14.1. The predicted octanol–water partition coefficient (Wildman–Crippen LogP) is 2.71. The zero-order chi connectivity index (χ0) is 18.4. The van der Waals surface area contributed by atoms with Gasteiger partial charge in [0, 0.05) is 18.0 Å². The summed E-state index contributed by atoms with van der Waals surface area (Å²) in [4.78, 5) is 19.6. The van der Waals surface area contributed by atoms with E-state index in [-0.39, 0.29) is 17.5 Å². The summed E-state index contributed by atoms with van der Waals surface area (Å²) < 4.78 is 10.7. The van der Waals surface area contributed by atoms with Crippen LogP contribution in [0, 0.1) is 0 Å². The average molecular weight is 345 g/mol. The molecule has 9 heteroatoms. The van der Waals surface area contributed by atoms with E-state index in [0.717, 1.165) is 0 Å². The van der Waals surface area contributed by atoms with E-state index < -0.39 is 11.7 Å². The van der Waals surface area contributed by atoms with Gasteiger partial charge in [-0.05, 0) is 45.0 Å². The standard InChI is InChI=1S/C16H19N5O4/c1-16(2,3)25-15(22)19-10-4-6-11(7-5-10)24-12-8-9-18-14(20-12)13(17)21-23/h4-9,23H,1-3H3,(H2,17,21)(H,19,22). The zero-order valence-corrected chi connectivity index (χ0v) is 14.1. The highest BCUT2D eigenvalue weighted by Gasteiger charge is 2.16. The maximum Gasteiger partial charge on any atom is 0.412 e. The lowest BCUT2D eigenvalue weighted by atomic mass is 10.2. The van der Waals surface area contributed by atoms with E-state index in [1.165, 1.54) is 12.3 Å². The molecular weight excluding hydrogens is 326 g/mol. The monoisotopic (exact) mass is 345 g/mol. The molecule has 0 saturated carbocycles. The van der Waals surface area contributed by atoms with Gasteiger partial charge in [-0.3, -0.25) is 5.32 Å². The van der Waals surface area contributed by atoms with Crippen LogP contribution in [0.5, 0.6) is 11.6 Å². The highest BCUT2D eigenvalue weighted by Crippen LogP contribution is 2.21. The second-order valence-electron chi connectivity index (χ2n) is 5.96. The van der Waals surface area contributed by atoms with Gasteiger partial charge in [0.2, 0.25) is 17.5 Å². The first-order chi connectivity index (χ1) is 11.8. The first-order valence-corrected chi connectivity index (χ1v) is 7.36. The van der Waals surface area contributed by atoms with E-state index in [1.54, 1.807) is 45.0 Å². The lowest BCUT2D eigenvalue weighted by molar-refractivity contribution is 0.0636. The third-order valence-corrected chi connectivity index (χ3v) is 2.69. The number of carbonyl (C=O) groups is 1. The molecule has 1 aromatic heterocycles. The Morgan fingerprint density at radius 3 is 2.52 bits per heavy atom. The molecule has 0 aliphatic carbocycles. The molecule has 132 valence electrons. The molecule has 0 fully saturated rings. The SMILES string of the molecule is CC(C)(C)OC(=O)Nc1ccc(Oc2ccnc(C(N)=NO)n2)cc1. The second-order valence-corrected chi connectivity index (χ2v) is 5.96. The molecule has 0 aliphatic rings. The molecule has 25 heavy (non-hydrogen) atoms. The smallest absolute Gasteiger partial charge is 0.412 e. The summed E-state index contributed by atoms with van der Waals surface area (Å²) >= 11 is 0. The van der Waals surface area contributed by atoms with Gasteiger partial charge in [0.25, 0.3) is 0 Å². The van der Waals surface area contributed by atoms with E-state index in [4.69, 9.17) is 20.4 Å². The number of benzene rings is 1. The number of anilines is 1. The fourth-order valence-corrected chi connectivity index (χ4v) is 1.72. The van der Waals surface area contributed by atoms with Gasteiger partial charge >= 0.3 is 6.09 Å². The van der Waals surface area contributed by atoms with Crippen molar-refractivity contribution in [3.05, 3.63) is 42.4 Å². The van der Waals surface area contributed by atoms with Gasteiger partial charge in [-0.15, -0.1) is 0 Å². The average Bonchev–Trinajstić information content (AvgIpc) is 2.54. The number of nitrogens with zero attached hydrogens (tertiary/aromatic N) is 3. The van der Waals surface area contributed by atoms with Crippen LogP contribution in [0.3, 0.4) is 0 Å². The Bertz CT molecular complexity index is 769. The van der Waals surface area contributed by atoms with E-state index in [9.17, 15) is 4.79 Å². The minimum absolute atomic E-state index is 0.0446. The minimum Gasteiger partial charge on any atom is -0.444 e. The number of hydrogen-bond donors (Lipinski definition) is 3. The number of oxime groups is 1. The van der Waals surface area contributed by atoms with E-state index in [1.807, 2.05) is 0 Å². The summed E-state index contributed by atoms with van der Waals surface area (Å²) in [6, 6.07) is 8.15. The normalized spacial score (nSPS) is 11.7. The van der Waals surface area contributed by atoms with Crippen LogP contribution in [0.4, 0.5) is 10.5 Å². The number of nitrogens with two attached hydrogens (primary N) is 1. The molecule has 2 rings (SSSR count). The molecule has 0 atom stereocenters. The lowest BCUT2D eigenvalue weighted by Crippen LogP contribution is -2.27. The molecule has 1 amide bonds. The predicted molar refractivity (Wildman–Crippen MR) is 90.9 cm³/mol. The van der Waals surface area contributed by atoms with E-state index in [0.29, 0.717) is 11.4 Å². The Morgan fingerprint density at radius 1 is 1.24 bits per heavy atom. The highest BCUT2D eigenvalue weighted by molar-refractivity contribution is 5.93. The molecule has 1 heterocycles. The van der Waals surface area contributed by atoms with Gasteiger partial charge in [-0.2, -0.15) is 4.98 Å². The van der Waals surface area contributed by atoms with Gasteiger partial charge in [0.15, 0.2) is 0 Å². The Hall–Kier alpha value is -3.36. The van der Waals surface area contributed by atoms with Gasteiger partial charge in [0.05, 0.1) is 0 Å².